The number of ether oxygens (including phenoxy) is 8. The van der Waals surface area contributed by atoms with E-state index in [1.165, 1.54) is 0 Å². The normalized spacial score (nSPS) is 32.5. The topological polar surface area (TPSA) is 73.8 Å². The molecule has 5 rings (SSSR count). The van der Waals surface area contributed by atoms with Gasteiger partial charge in [0.15, 0.2) is 5.79 Å². The van der Waals surface area contributed by atoms with Crippen molar-refractivity contribution < 1.29 is 37.9 Å². The first kappa shape index (κ1) is 26.7. The van der Waals surface area contributed by atoms with Crippen molar-refractivity contribution in [2.24, 2.45) is 0 Å². The summed E-state index contributed by atoms with van der Waals surface area (Å²) in [4.78, 5) is 0. The first-order valence-electron chi connectivity index (χ1n) is 13.2. The second-order valence-electron chi connectivity index (χ2n) is 9.98. The van der Waals surface area contributed by atoms with Crippen molar-refractivity contribution in [2.45, 2.75) is 69.5 Å². The Bertz CT molecular complexity index is 864. The minimum absolute atomic E-state index is 0.392. The number of hydrogen-bond donors (Lipinski definition) is 0. The smallest absolute Gasteiger partial charge is 0.164 e. The van der Waals surface area contributed by atoms with Gasteiger partial charge in [0.2, 0.25) is 0 Å². The van der Waals surface area contributed by atoms with Gasteiger partial charge in [-0.25, -0.2) is 0 Å². The van der Waals surface area contributed by atoms with Gasteiger partial charge in [-0.3, -0.25) is 0 Å². The van der Waals surface area contributed by atoms with Crippen LogP contribution in [0.4, 0.5) is 0 Å². The average molecular weight is 515 g/mol. The van der Waals surface area contributed by atoms with Gasteiger partial charge in [0, 0.05) is 0 Å². The number of hydrogen-bond acceptors (Lipinski definition) is 8. The molecule has 1 aliphatic carbocycles. The third kappa shape index (κ3) is 6.96. The molecule has 2 aromatic carbocycles. The van der Waals surface area contributed by atoms with Gasteiger partial charge >= 0.3 is 0 Å². The highest BCUT2D eigenvalue weighted by Crippen LogP contribution is 2.42. The van der Waals surface area contributed by atoms with Crippen LogP contribution in [0.3, 0.4) is 0 Å². The number of fused-ring (bicyclic) bond motifs is 2. The molecule has 202 valence electrons. The molecule has 8 nitrogen and oxygen atoms in total. The van der Waals surface area contributed by atoms with Crippen LogP contribution in [0.15, 0.2) is 60.7 Å². The summed E-state index contributed by atoms with van der Waals surface area (Å²) in [6.45, 7) is 7.39. The fourth-order valence-corrected chi connectivity index (χ4v) is 5.17. The van der Waals surface area contributed by atoms with Crippen LogP contribution in [-0.2, 0) is 51.1 Å². The zero-order chi connectivity index (χ0) is 25.5. The van der Waals surface area contributed by atoms with Crippen LogP contribution in [-0.4, -0.2) is 82.1 Å². The molecule has 0 radical (unpaired) electrons. The van der Waals surface area contributed by atoms with Crippen LogP contribution < -0.4 is 0 Å². The highest BCUT2D eigenvalue weighted by atomic mass is 16.8. The van der Waals surface area contributed by atoms with Crippen LogP contribution in [0.1, 0.15) is 25.0 Å². The summed E-state index contributed by atoms with van der Waals surface area (Å²) >= 11 is 0. The van der Waals surface area contributed by atoms with Crippen molar-refractivity contribution in [3.8, 4) is 0 Å². The summed E-state index contributed by atoms with van der Waals surface area (Å²) in [5, 5.41) is 0. The Hall–Kier alpha value is -1.88. The molecule has 0 unspecified atom stereocenters. The van der Waals surface area contributed by atoms with E-state index in [9.17, 15) is 0 Å². The van der Waals surface area contributed by atoms with Gasteiger partial charge in [-0.05, 0) is 25.0 Å². The predicted molar refractivity (Wildman–Crippen MR) is 135 cm³/mol. The van der Waals surface area contributed by atoms with E-state index in [0.29, 0.717) is 52.9 Å². The van der Waals surface area contributed by atoms with Gasteiger partial charge < -0.3 is 37.9 Å². The number of benzene rings is 2. The van der Waals surface area contributed by atoms with E-state index >= 15 is 0 Å². The summed E-state index contributed by atoms with van der Waals surface area (Å²) in [7, 11) is 0. The van der Waals surface area contributed by atoms with Crippen LogP contribution in [0, 0.1) is 0 Å². The average Bonchev–Trinajstić information content (AvgIpc) is 3.23. The lowest BCUT2D eigenvalue weighted by atomic mass is 9.84. The summed E-state index contributed by atoms with van der Waals surface area (Å²) in [6.07, 6.45) is -2.56. The highest BCUT2D eigenvalue weighted by molar-refractivity contribution is 5.15. The summed E-state index contributed by atoms with van der Waals surface area (Å²) in [6, 6.07) is 20.2. The standard InChI is InChI=1S/C29H38O8/c1-29(2)36-27-25(34-19-21-9-5-3-6-10-21)23-24(33-18-16-31-14-13-30-15-17-32-23)26(28(27)37-29)35-20-22-11-7-4-8-12-22/h3-12,23-28H,13-20H2,1-2H3/t23-,24-,25+,26+,27-,28+/m0/s1. The van der Waals surface area contributed by atoms with Gasteiger partial charge in [0.05, 0.1) is 52.9 Å². The van der Waals surface area contributed by atoms with Gasteiger partial charge in [-0.2, -0.15) is 0 Å². The Morgan fingerprint density at radius 2 is 1.00 bits per heavy atom. The summed E-state index contributed by atoms with van der Waals surface area (Å²) < 4.78 is 50.2. The van der Waals surface area contributed by atoms with E-state index in [1.54, 1.807) is 0 Å². The van der Waals surface area contributed by atoms with Crippen molar-refractivity contribution in [3.05, 3.63) is 71.8 Å². The van der Waals surface area contributed by atoms with Crippen LogP contribution in [0.25, 0.3) is 0 Å². The lowest BCUT2D eigenvalue weighted by molar-refractivity contribution is -0.252. The Morgan fingerprint density at radius 1 is 0.595 bits per heavy atom. The molecule has 0 N–H and O–H groups in total. The molecule has 6 atom stereocenters. The number of rotatable bonds is 6. The van der Waals surface area contributed by atoms with Gasteiger partial charge in [0.25, 0.3) is 0 Å². The fraction of sp³-hybridized carbons (Fsp3) is 0.586. The minimum atomic E-state index is -0.799. The molecule has 0 bridgehead atoms. The van der Waals surface area contributed by atoms with Crippen molar-refractivity contribution in [3.63, 3.8) is 0 Å². The van der Waals surface area contributed by atoms with Gasteiger partial charge in [-0.1, -0.05) is 60.7 Å². The van der Waals surface area contributed by atoms with Crippen molar-refractivity contribution in [1.29, 1.82) is 0 Å². The molecule has 0 aromatic heterocycles. The third-order valence-electron chi connectivity index (χ3n) is 6.80. The van der Waals surface area contributed by atoms with E-state index < -0.39 is 42.4 Å². The quantitative estimate of drug-likeness (QED) is 0.580. The van der Waals surface area contributed by atoms with E-state index in [2.05, 4.69) is 0 Å². The Balaban J connectivity index is 1.43. The maximum absolute atomic E-state index is 6.54. The van der Waals surface area contributed by atoms with Gasteiger partial charge in [0.1, 0.15) is 36.6 Å². The molecule has 0 amide bonds. The van der Waals surface area contributed by atoms with Crippen LogP contribution in [0.2, 0.25) is 0 Å². The Kier molecular flexibility index (Phi) is 9.23. The molecule has 3 aliphatic rings. The lowest BCUT2D eigenvalue weighted by Gasteiger charge is -2.46. The van der Waals surface area contributed by atoms with Crippen LogP contribution in [0.5, 0.6) is 0 Å². The molecule has 2 saturated heterocycles. The largest absolute Gasteiger partial charge is 0.377 e. The van der Waals surface area contributed by atoms with Crippen LogP contribution >= 0.6 is 0 Å². The minimum Gasteiger partial charge on any atom is -0.377 e. The SMILES string of the molecule is CC1(C)O[C@@H]2[C@H](OCc3ccccc3)[C@H]3OCCOCCOCCO[C@@H]3[C@@H](OCc3ccccc3)[C@@H]2O1. The van der Waals surface area contributed by atoms with E-state index in [4.69, 9.17) is 37.9 Å². The molecular weight excluding hydrogens is 476 g/mol. The summed E-state index contributed by atoms with van der Waals surface area (Å²) in [5.41, 5.74) is 2.14. The van der Waals surface area contributed by atoms with Gasteiger partial charge in [-0.15, -0.1) is 0 Å². The lowest BCUT2D eigenvalue weighted by Crippen LogP contribution is -2.65. The van der Waals surface area contributed by atoms with Crippen molar-refractivity contribution in [1.82, 2.24) is 0 Å². The van der Waals surface area contributed by atoms with E-state index in [-0.39, 0.29) is 0 Å². The molecule has 37 heavy (non-hydrogen) atoms. The summed E-state index contributed by atoms with van der Waals surface area (Å²) in [5.74, 6) is -0.799. The molecule has 2 heterocycles. The van der Waals surface area contributed by atoms with Crippen molar-refractivity contribution >= 4 is 0 Å². The molecular formula is C29H38O8. The zero-order valence-corrected chi connectivity index (χ0v) is 21.7. The predicted octanol–water partition coefficient (Wildman–Crippen LogP) is 3.51. The van der Waals surface area contributed by atoms with Crippen molar-refractivity contribution in [2.75, 3.05) is 39.6 Å². The molecule has 2 aliphatic heterocycles. The maximum Gasteiger partial charge on any atom is 0.164 e. The Morgan fingerprint density at radius 3 is 1.43 bits per heavy atom. The molecule has 1 saturated carbocycles. The fourth-order valence-electron chi connectivity index (χ4n) is 5.17. The molecule has 3 fully saturated rings. The first-order chi connectivity index (χ1) is 18.1. The zero-order valence-electron chi connectivity index (χ0n) is 21.7. The monoisotopic (exact) mass is 514 g/mol. The molecule has 0 spiro atoms. The Labute approximate surface area is 219 Å². The van der Waals surface area contributed by atoms with E-state index in [1.807, 2.05) is 74.5 Å². The first-order valence-corrected chi connectivity index (χ1v) is 13.2. The maximum atomic E-state index is 6.54. The van der Waals surface area contributed by atoms with E-state index in [0.717, 1.165) is 11.1 Å². The highest BCUT2D eigenvalue weighted by Gasteiger charge is 2.60. The molecule has 8 heteroatoms. The second kappa shape index (κ2) is 12.8. The third-order valence-corrected chi connectivity index (χ3v) is 6.80. The second-order valence-corrected chi connectivity index (χ2v) is 9.98. The molecule has 2 aromatic rings.